The number of nitrogens with zero attached hydrogens (tertiary/aromatic N) is 1. The van der Waals surface area contributed by atoms with Crippen LogP contribution in [-0.4, -0.2) is 62.0 Å². The maximum Gasteiger partial charge on any atom is 0.329 e. The van der Waals surface area contributed by atoms with Crippen LogP contribution in [0.2, 0.25) is 0 Å². The van der Waals surface area contributed by atoms with Crippen LogP contribution in [0.3, 0.4) is 0 Å². The molecule has 0 aliphatic rings. The minimum Gasteiger partial charge on any atom is -0.480 e. The molecule has 0 atom stereocenters. The summed E-state index contributed by atoms with van der Waals surface area (Å²) in [5, 5.41) is 8.28. The van der Waals surface area contributed by atoms with Crippen molar-refractivity contribution in [3.05, 3.63) is 0 Å². The maximum atomic E-state index is 10.1. The molecule has 0 fully saturated rings. The molecule has 0 saturated heterocycles. The molecule has 5 nitrogen and oxygen atoms in total. The van der Waals surface area contributed by atoms with Gasteiger partial charge < -0.3 is 19.5 Å². The molecule has 0 aliphatic carbocycles. The molecule has 90 valence electrons. The van der Waals surface area contributed by atoms with Gasteiger partial charge in [0.15, 0.2) is 0 Å². The SMILES string of the molecule is CC(C)N(C)CCOCCOCC(=O)O. The normalized spacial score (nSPS) is 11.3. The first kappa shape index (κ1) is 14.3. The second kappa shape index (κ2) is 8.64. The van der Waals surface area contributed by atoms with Crippen LogP contribution < -0.4 is 0 Å². The number of ether oxygens (including phenoxy) is 2. The molecule has 5 heteroatoms. The van der Waals surface area contributed by atoms with Crippen molar-refractivity contribution < 1.29 is 19.4 Å². The summed E-state index contributed by atoms with van der Waals surface area (Å²) in [6.07, 6.45) is 0. The number of rotatable bonds is 9. The van der Waals surface area contributed by atoms with E-state index in [9.17, 15) is 4.79 Å². The van der Waals surface area contributed by atoms with E-state index < -0.39 is 5.97 Å². The molecule has 1 N–H and O–H groups in total. The number of aliphatic carboxylic acids is 1. The summed E-state index contributed by atoms with van der Waals surface area (Å²) in [6, 6.07) is 0.511. The van der Waals surface area contributed by atoms with Gasteiger partial charge >= 0.3 is 5.97 Å². The molecule has 0 saturated carbocycles. The Balaban J connectivity index is 3.15. The van der Waals surface area contributed by atoms with E-state index in [1.165, 1.54) is 0 Å². The van der Waals surface area contributed by atoms with Gasteiger partial charge in [-0.05, 0) is 20.9 Å². The van der Waals surface area contributed by atoms with E-state index >= 15 is 0 Å². The monoisotopic (exact) mass is 219 g/mol. The summed E-state index contributed by atoms with van der Waals surface area (Å²) < 4.78 is 10.1. The molecule has 0 amide bonds. The third-order valence-electron chi connectivity index (χ3n) is 2.07. The number of hydrogen-bond acceptors (Lipinski definition) is 4. The maximum absolute atomic E-state index is 10.1. The summed E-state index contributed by atoms with van der Waals surface area (Å²) in [6.45, 7) is 6.28. The summed E-state index contributed by atoms with van der Waals surface area (Å²) in [5.41, 5.74) is 0. The predicted octanol–water partition coefficient (Wildman–Crippen LogP) is 0.444. The van der Waals surface area contributed by atoms with E-state index in [2.05, 4.69) is 18.7 Å². The Labute approximate surface area is 91.0 Å². The Hall–Kier alpha value is -0.650. The molecule has 0 aromatic rings. The molecule has 0 heterocycles. The number of likely N-dealkylation sites (N-methyl/N-ethyl adjacent to an activating group) is 1. The van der Waals surface area contributed by atoms with Crippen LogP contribution in [0.5, 0.6) is 0 Å². The lowest BCUT2D eigenvalue weighted by molar-refractivity contribution is -0.142. The lowest BCUT2D eigenvalue weighted by atomic mass is 10.3. The minimum atomic E-state index is -0.949. The van der Waals surface area contributed by atoms with Gasteiger partial charge in [0, 0.05) is 12.6 Å². The third-order valence-corrected chi connectivity index (χ3v) is 2.07. The number of carbonyl (C=O) groups is 1. The minimum absolute atomic E-state index is 0.255. The smallest absolute Gasteiger partial charge is 0.329 e. The molecule has 0 rings (SSSR count). The molecule has 0 aliphatic heterocycles. The van der Waals surface area contributed by atoms with Crippen molar-refractivity contribution in [2.75, 3.05) is 40.0 Å². The first-order valence-electron chi connectivity index (χ1n) is 5.11. The average molecular weight is 219 g/mol. The number of carboxylic acids is 1. The molecule has 0 spiro atoms. The van der Waals surface area contributed by atoms with E-state index in [-0.39, 0.29) is 6.61 Å². The highest BCUT2D eigenvalue weighted by atomic mass is 16.5. The van der Waals surface area contributed by atoms with E-state index in [0.717, 1.165) is 6.54 Å². The highest BCUT2D eigenvalue weighted by Crippen LogP contribution is 1.92. The van der Waals surface area contributed by atoms with Crippen LogP contribution in [0, 0.1) is 0 Å². The molecule has 0 aromatic heterocycles. The highest BCUT2D eigenvalue weighted by molar-refractivity contribution is 5.67. The van der Waals surface area contributed by atoms with Gasteiger partial charge in [-0.3, -0.25) is 0 Å². The van der Waals surface area contributed by atoms with Gasteiger partial charge in [-0.15, -0.1) is 0 Å². The number of hydrogen-bond donors (Lipinski definition) is 1. The van der Waals surface area contributed by atoms with E-state index in [1.54, 1.807) is 0 Å². The van der Waals surface area contributed by atoms with Crippen molar-refractivity contribution in [1.29, 1.82) is 0 Å². The zero-order valence-electron chi connectivity index (χ0n) is 9.73. The van der Waals surface area contributed by atoms with E-state index in [4.69, 9.17) is 14.6 Å². The van der Waals surface area contributed by atoms with Crippen molar-refractivity contribution in [1.82, 2.24) is 4.90 Å². The summed E-state index contributed by atoms with van der Waals surface area (Å²) in [7, 11) is 2.04. The van der Waals surface area contributed by atoms with Crippen molar-refractivity contribution in [2.24, 2.45) is 0 Å². The first-order valence-corrected chi connectivity index (χ1v) is 5.11. The average Bonchev–Trinajstić information content (AvgIpc) is 2.15. The van der Waals surface area contributed by atoms with Gasteiger partial charge in [-0.2, -0.15) is 0 Å². The Morgan fingerprint density at radius 2 is 1.87 bits per heavy atom. The van der Waals surface area contributed by atoms with E-state index in [1.807, 2.05) is 7.05 Å². The first-order chi connectivity index (χ1) is 7.04. The summed E-state index contributed by atoms with van der Waals surface area (Å²) in [4.78, 5) is 12.3. The fourth-order valence-electron chi connectivity index (χ4n) is 0.846. The predicted molar refractivity (Wildman–Crippen MR) is 57.0 cm³/mol. The van der Waals surface area contributed by atoms with Crippen molar-refractivity contribution in [3.63, 3.8) is 0 Å². The van der Waals surface area contributed by atoms with Crippen LogP contribution >= 0.6 is 0 Å². The van der Waals surface area contributed by atoms with Gasteiger partial charge in [-0.25, -0.2) is 4.79 Å². The molecular formula is C10H21NO4. The van der Waals surface area contributed by atoms with Gasteiger partial charge in [0.25, 0.3) is 0 Å². The lowest BCUT2D eigenvalue weighted by Crippen LogP contribution is -2.30. The zero-order valence-corrected chi connectivity index (χ0v) is 9.73. The Morgan fingerprint density at radius 3 is 2.40 bits per heavy atom. The molecule has 0 aromatic carbocycles. The molecular weight excluding hydrogens is 198 g/mol. The van der Waals surface area contributed by atoms with E-state index in [0.29, 0.717) is 25.9 Å². The zero-order chi connectivity index (χ0) is 11.7. The van der Waals surface area contributed by atoms with Gasteiger partial charge in [-0.1, -0.05) is 0 Å². The standard InChI is InChI=1S/C10H21NO4/c1-9(2)11(3)4-5-14-6-7-15-8-10(12)13/h9H,4-8H2,1-3H3,(H,12,13). The summed E-state index contributed by atoms with van der Waals surface area (Å²) >= 11 is 0. The fraction of sp³-hybridized carbons (Fsp3) is 0.900. The Bertz CT molecular complexity index is 173. The van der Waals surface area contributed by atoms with Crippen LogP contribution in [0.25, 0.3) is 0 Å². The lowest BCUT2D eigenvalue weighted by Gasteiger charge is -2.20. The summed E-state index contributed by atoms with van der Waals surface area (Å²) in [5.74, 6) is -0.949. The largest absolute Gasteiger partial charge is 0.480 e. The van der Waals surface area contributed by atoms with Crippen LogP contribution in [0.15, 0.2) is 0 Å². The Morgan fingerprint density at radius 1 is 1.27 bits per heavy atom. The molecule has 0 unspecified atom stereocenters. The second-order valence-electron chi connectivity index (χ2n) is 3.63. The quantitative estimate of drug-likeness (QED) is 0.570. The van der Waals surface area contributed by atoms with Crippen LogP contribution in [0.1, 0.15) is 13.8 Å². The number of carboxylic acid groups (broad SMARTS) is 1. The van der Waals surface area contributed by atoms with Crippen molar-refractivity contribution in [2.45, 2.75) is 19.9 Å². The van der Waals surface area contributed by atoms with Crippen LogP contribution in [-0.2, 0) is 14.3 Å². The van der Waals surface area contributed by atoms with Gasteiger partial charge in [0.05, 0.1) is 19.8 Å². The Kier molecular flexibility index (Phi) is 8.27. The highest BCUT2D eigenvalue weighted by Gasteiger charge is 2.01. The van der Waals surface area contributed by atoms with Crippen molar-refractivity contribution >= 4 is 5.97 Å². The molecule has 0 radical (unpaired) electrons. The third kappa shape index (κ3) is 9.65. The topological polar surface area (TPSA) is 59.0 Å². The van der Waals surface area contributed by atoms with Gasteiger partial charge in [0.1, 0.15) is 6.61 Å². The van der Waals surface area contributed by atoms with Gasteiger partial charge in [0.2, 0.25) is 0 Å². The molecule has 15 heavy (non-hydrogen) atoms. The second-order valence-corrected chi connectivity index (χ2v) is 3.63. The van der Waals surface area contributed by atoms with Crippen LogP contribution in [0.4, 0.5) is 0 Å². The molecule has 0 bridgehead atoms. The fourth-order valence-corrected chi connectivity index (χ4v) is 0.846. The van der Waals surface area contributed by atoms with Crippen molar-refractivity contribution in [3.8, 4) is 0 Å².